The topological polar surface area (TPSA) is 38.3 Å². The van der Waals surface area contributed by atoms with Gasteiger partial charge in [-0.1, -0.05) is 49.4 Å². The monoisotopic (exact) mass is 311 g/mol. The minimum atomic E-state index is -0.0379. The Bertz CT molecular complexity index is 605. The van der Waals surface area contributed by atoms with Crippen LogP contribution in [0.4, 0.5) is 0 Å². The van der Waals surface area contributed by atoms with Crippen LogP contribution < -0.4 is 5.32 Å². The molecular weight excluding hydrogens is 286 g/mol. The number of rotatable bonds is 7. The highest BCUT2D eigenvalue weighted by Gasteiger charge is 2.09. The maximum Gasteiger partial charge on any atom is 0.251 e. The molecule has 1 atom stereocenters. The minimum absolute atomic E-state index is 0.0379. The standard InChI is InChI=1S/C20H25NO2/c1-15(2)23-14-17-9-11-19(12-10-17)20(22)21-13-16(3)18-7-5-4-6-8-18/h4-12,15-16H,13-14H2,1-3H3,(H,21,22)/t16-/m0/s1. The van der Waals surface area contributed by atoms with E-state index in [0.29, 0.717) is 24.6 Å². The molecule has 23 heavy (non-hydrogen) atoms. The minimum Gasteiger partial charge on any atom is -0.374 e. The van der Waals surface area contributed by atoms with E-state index in [9.17, 15) is 4.79 Å². The molecule has 2 aromatic rings. The molecule has 2 aromatic carbocycles. The number of amides is 1. The average Bonchev–Trinajstić information content (AvgIpc) is 2.58. The first-order valence-electron chi connectivity index (χ1n) is 8.10. The van der Waals surface area contributed by atoms with Crippen LogP contribution in [0.15, 0.2) is 54.6 Å². The third kappa shape index (κ3) is 5.53. The maximum atomic E-state index is 12.2. The summed E-state index contributed by atoms with van der Waals surface area (Å²) in [6.07, 6.45) is 0.206. The van der Waals surface area contributed by atoms with Crippen LogP contribution >= 0.6 is 0 Å². The number of hydrogen-bond donors (Lipinski definition) is 1. The molecule has 122 valence electrons. The zero-order valence-corrected chi connectivity index (χ0v) is 14.1. The van der Waals surface area contributed by atoms with E-state index in [-0.39, 0.29) is 12.0 Å². The van der Waals surface area contributed by atoms with E-state index >= 15 is 0 Å². The Kier molecular flexibility index (Phi) is 6.36. The van der Waals surface area contributed by atoms with Crippen LogP contribution in [0.3, 0.4) is 0 Å². The summed E-state index contributed by atoms with van der Waals surface area (Å²) >= 11 is 0. The van der Waals surface area contributed by atoms with Gasteiger partial charge in [-0.3, -0.25) is 4.79 Å². The molecule has 0 aliphatic heterocycles. The Balaban J connectivity index is 1.86. The molecule has 0 aliphatic rings. The molecule has 1 amide bonds. The highest BCUT2D eigenvalue weighted by atomic mass is 16.5. The molecule has 0 bridgehead atoms. The number of hydrogen-bond acceptors (Lipinski definition) is 2. The van der Waals surface area contributed by atoms with Crippen molar-refractivity contribution in [1.29, 1.82) is 0 Å². The normalized spacial score (nSPS) is 12.2. The number of benzene rings is 2. The predicted octanol–water partition coefficient (Wildman–Crippen LogP) is 4.15. The van der Waals surface area contributed by atoms with Crippen molar-refractivity contribution in [3.8, 4) is 0 Å². The molecule has 0 unspecified atom stereocenters. The second-order valence-electron chi connectivity index (χ2n) is 6.08. The summed E-state index contributed by atoms with van der Waals surface area (Å²) in [5.41, 5.74) is 2.99. The fourth-order valence-corrected chi connectivity index (χ4v) is 2.26. The number of ether oxygens (including phenoxy) is 1. The van der Waals surface area contributed by atoms with Gasteiger partial charge in [-0.25, -0.2) is 0 Å². The molecule has 0 saturated heterocycles. The summed E-state index contributed by atoms with van der Waals surface area (Å²) in [4.78, 5) is 12.2. The SMILES string of the molecule is CC(C)OCc1ccc(C(=O)NC[C@H](C)c2ccccc2)cc1. The van der Waals surface area contributed by atoms with Gasteiger partial charge in [0.25, 0.3) is 5.91 Å². The van der Waals surface area contributed by atoms with Gasteiger partial charge < -0.3 is 10.1 Å². The molecule has 3 heteroatoms. The molecule has 0 aliphatic carbocycles. The molecule has 3 nitrogen and oxygen atoms in total. The van der Waals surface area contributed by atoms with Crippen LogP contribution in [0, 0.1) is 0 Å². The smallest absolute Gasteiger partial charge is 0.251 e. The van der Waals surface area contributed by atoms with E-state index in [4.69, 9.17) is 4.74 Å². The van der Waals surface area contributed by atoms with Crippen LogP contribution in [-0.4, -0.2) is 18.6 Å². The number of carbonyl (C=O) groups excluding carboxylic acids is 1. The van der Waals surface area contributed by atoms with E-state index in [1.807, 2.05) is 56.3 Å². The maximum absolute atomic E-state index is 12.2. The van der Waals surface area contributed by atoms with E-state index < -0.39 is 0 Å². The summed E-state index contributed by atoms with van der Waals surface area (Å²) in [6, 6.07) is 17.8. The van der Waals surface area contributed by atoms with Gasteiger partial charge in [-0.15, -0.1) is 0 Å². The molecule has 0 spiro atoms. The van der Waals surface area contributed by atoms with E-state index in [2.05, 4.69) is 24.4 Å². The van der Waals surface area contributed by atoms with E-state index in [1.54, 1.807) is 0 Å². The van der Waals surface area contributed by atoms with Gasteiger partial charge in [0.05, 0.1) is 12.7 Å². The Labute approximate surface area is 138 Å². The van der Waals surface area contributed by atoms with Crippen molar-refractivity contribution in [2.24, 2.45) is 0 Å². The van der Waals surface area contributed by atoms with Gasteiger partial charge >= 0.3 is 0 Å². The third-order valence-electron chi connectivity index (χ3n) is 3.74. The Morgan fingerprint density at radius 3 is 2.26 bits per heavy atom. The second-order valence-corrected chi connectivity index (χ2v) is 6.08. The van der Waals surface area contributed by atoms with Crippen molar-refractivity contribution in [3.63, 3.8) is 0 Å². The predicted molar refractivity (Wildman–Crippen MR) is 93.6 cm³/mol. The first kappa shape index (κ1) is 17.2. The summed E-state index contributed by atoms with van der Waals surface area (Å²) < 4.78 is 5.56. The Morgan fingerprint density at radius 1 is 1.00 bits per heavy atom. The molecule has 1 N–H and O–H groups in total. The summed E-state index contributed by atoms with van der Waals surface area (Å²) in [6.45, 7) is 7.33. The fourth-order valence-electron chi connectivity index (χ4n) is 2.26. The average molecular weight is 311 g/mol. The third-order valence-corrected chi connectivity index (χ3v) is 3.74. The van der Waals surface area contributed by atoms with E-state index in [0.717, 1.165) is 5.56 Å². The fraction of sp³-hybridized carbons (Fsp3) is 0.350. The number of carbonyl (C=O) groups is 1. The van der Waals surface area contributed by atoms with Crippen molar-refractivity contribution in [1.82, 2.24) is 5.32 Å². The van der Waals surface area contributed by atoms with Crippen molar-refractivity contribution in [2.45, 2.75) is 39.4 Å². The van der Waals surface area contributed by atoms with Crippen LogP contribution in [0.25, 0.3) is 0 Å². The highest BCUT2D eigenvalue weighted by Crippen LogP contribution is 2.13. The van der Waals surface area contributed by atoms with Gasteiger partial charge in [-0.05, 0) is 43.0 Å². The zero-order chi connectivity index (χ0) is 16.7. The van der Waals surface area contributed by atoms with E-state index in [1.165, 1.54) is 5.56 Å². The van der Waals surface area contributed by atoms with Crippen molar-refractivity contribution in [3.05, 3.63) is 71.3 Å². The van der Waals surface area contributed by atoms with Crippen LogP contribution in [0.2, 0.25) is 0 Å². The van der Waals surface area contributed by atoms with Gasteiger partial charge in [0.15, 0.2) is 0 Å². The summed E-state index contributed by atoms with van der Waals surface area (Å²) in [5, 5.41) is 3.00. The Morgan fingerprint density at radius 2 is 1.65 bits per heavy atom. The number of nitrogens with one attached hydrogen (secondary N) is 1. The molecule has 0 saturated carbocycles. The molecule has 0 heterocycles. The lowest BCUT2D eigenvalue weighted by Gasteiger charge is -2.13. The van der Waals surface area contributed by atoms with Crippen LogP contribution in [0.5, 0.6) is 0 Å². The summed E-state index contributed by atoms with van der Waals surface area (Å²) in [7, 11) is 0. The lowest BCUT2D eigenvalue weighted by atomic mass is 10.0. The molecule has 0 fully saturated rings. The molecule has 2 rings (SSSR count). The van der Waals surface area contributed by atoms with Crippen LogP contribution in [-0.2, 0) is 11.3 Å². The van der Waals surface area contributed by atoms with Gasteiger partial charge in [-0.2, -0.15) is 0 Å². The zero-order valence-electron chi connectivity index (χ0n) is 14.1. The summed E-state index contributed by atoms with van der Waals surface area (Å²) in [5.74, 6) is 0.253. The van der Waals surface area contributed by atoms with Gasteiger partial charge in [0.1, 0.15) is 0 Å². The van der Waals surface area contributed by atoms with Gasteiger partial charge in [0.2, 0.25) is 0 Å². The lowest BCUT2D eigenvalue weighted by molar-refractivity contribution is 0.0657. The molecule has 0 aromatic heterocycles. The highest BCUT2D eigenvalue weighted by molar-refractivity contribution is 5.94. The first-order valence-corrected chi connectivity index (χ1v) is 8.10. The quantitative estimate of drug-likeness (QED) is 0.834. The van der Waals surface area contributed by atoms with Crippen molar-refractivity contribution < 1.29 is 9.53 Å². The largest absolute Gasteiger partial charge is 0.374 e. The van der Waals surface area contributed by atoms with Crippen molar-refractivity contribution >= 4 is 5.91 Å². The second kappa shape index (κ2) is 8.49. The van der Waals surface area contributed by atoms with Gasteiger partial charge in [0, 0.05) is 12.1 Å². The Hall–Kier alpha value is -2.13. The molecular formula is C20H25NO2. The lowest BCUT2D eigenvalue weighted by Crippen LogP contribution is -2.27. The van der Waals surface area contributed by atoms with Crippen molar-refractivity contribution in [2.75, 3.05) is 6.54 Å². The molecule has 0 radical (unpaired) electrons. The van der Waals surface area contributed by atoms with Crippen LogP contribution in [0.1, 0.15) is 48.2 Å². The first-order chi connectivity index (χ1) is 11.1.